The third kappa shape index (κ3) is 3.17. The van der Waals surface area contributed by atoms with E-state index < -0.39 is 0 Å². The lowest BCUT2D eigenvalue weighted by Gasteiger charge is -2.11. The lowest BCUT2D eigenvalue weighted by atomic mass is 10.0. The Kier molecular flexibility index (Phi) is 3.78. The predicted molar refractivity (Wildman–Crippen MR) is 82.7 cm³/mol. The van der Waals surface area contributed by atoms with Crippen LogP contribution in [0.5, 0.6) is 0 Å². The van der Waals surface area contributed by atoms with Gasteiger partial charge >= 0.3 is 0 Å². The van der Waals surface area contributed by atoms with Gasteiger partial charge in [-0.05, 0) is 11.6 Å². The van der Waals surface area contributed by atoms with Crippen molar-refractivity contribution in [2.24, 2.45) is 0 Å². The van der Waals surface area contributed by atoms with E-state index in [9.17, 15) is 4.79 Å². The molecule has 3 aromatic rings. The molecule has 0 atom stereocenters. The first-order chi connectivity index (χ1) is 10.3. The molecule has 0 aliphatic rings. The van der Waals surface area contributed by atoms with E-state index in [0.29, 0.717) is 0 Å². The highest BCUT2D eigenvalue weighted by molar-refractivity contribution is 5.95. The van der Waals surface area contributed by atoms with E-state index in [1.54, 1.807) is 23.3 Å². The number of imidazole rings is 1. The maximum absolute atomic E-state index is 12.1. The van der Waals surface area contributed by atoms with Crippen LogP contribution in [0.4, 0.5) is 5.69 Å². The van der Waals surface area contributed by atoms with Gasteiger partial charge in [-0.15, -0.1) is 0 Å². The number of anilines is 1. The Morgan fingerprint density at radius 1 is 1.05 bits per heavy atom. The van der Waals surface area contributed by atoms with Gasteiger partial charge in [-0.1, -0.05) is 48.5 Å². The Balaban J connectivity index is 1.81. The summed E-state index contributed by atoms with van der Waals surface area (Å²) in [5, 5.41) is 2.96. The minimum absolute atomic E-state index is 0.0728. The molecule has 0 aliphatic heterocycles. The highest BCUT2D eigenvalue weighted by Gasteiger charge is 2.08. The van der Waals surface area contributed by atoms with Gasteiger partial charge in [0, 0.05) is 23.6 Å². The first-order valence-corrected chi connectivity index (χ1v) is 6.73. The summed E-state index contributed by atoms with van der Waals surface area (Å²) in [7, 11) is 0. The van der Waals surface area contributed by atoms with E-state index in [4.69, 9.17) is 0 Å². The van der Waals surface area contributed by atoms with Gasteiger partial charge in [-0.25, -0.2) is 4.98 Å². The zero-order valence-corrected chi connectivity index (χ0v) is 11.4. The fraction of sp³-hybridized carbons (Fsp3) is 0.0588. The number of carbonyl (C=O) groups is 1. The molecule has 0 unspecified atom stereocenters. The first kappa shape index (κ1) is 13.1. The molecule has 0 aliphatic carbocycles. The van der Waals surface area contributed by atoms with Crippen LogP contribution in [0.2, 0.25) is 0 Å². The number of hydrogen-bond donors (Lipinski definition) is 1. The number of amides is 1. The van der Waals surface area contributed by atoms with Crippen LogP contribution < -0.4 is 5.32 Å². The minimum atomic E-state index is -0.0728. The van der Waals surface area contributed by atoms with Crippen molar-refractivity contribution < 1.29 is 4.79 Å². The maximum atomic E-state index is 12.1. The number of rotatable bonds is 4. The normalized spacial score (nSPS) is 10.3. The number of nitrogens with one attached hydrogen (secondary N) is 1. The van der Waals surface area contributed by atoms with Gasteiger partial charge in [0.25, 0.3) is 0 Å². The smallest absolute Gasteiger partial charge is 0.244 e. The standard InChI is InChI=1S/C17H15N3O/c21-17(12-20-11-10-18-13-20)19-16-9-5-4-8-15(16)14-6-2-1-3-7-14/h1-11,13H,12H2,(H,19,21). The summed E-state index contributed by atoms with van der Waals surface area (Å²) >= 11 is 0. The third-order valence-electron chi connectivity index (χ3n) is 3.17. The topological polar surface area (TPSA) is 46.9 Å². The molecule has 0 saturated carbocycles. The lowest BCUT2D eigenvalue weighted by Crippen LogP contribution is -2.18. The van der Waals surface area contributed by atoms with Crippen LogP contribution in [0.3, 0.4) is 0 Å². The molecule has 0 spiro atoms. The maximum Gasteiger partial charge on any atom is 0.244 e. The second-order valence-corrected chi connectivity index (χ2v) is 4.69. The van der Waals surface area contributed by atoms with E-state index in [1.807, 2.05) is 54.6 Å². The number of nitrogens with zero attached hydrogens (tertiary/aromatic N) is 2. The molecule has 104 valence electrons. The third-order valence-corrected chi connectivity index (χ3v) is 3.17. The SMILES string of the molecule is O=C(Cn1ccnc1)Nc1ccccc1-c1ccccc1. The lowest BCUT2D eigenvalue weighted by molar-refractivity contribution is -0.116. The van der Waals surface area contributed by atoms with Crippen molar-refractivity contribution in [2.75, 3.05) is 5.32 Å². The van der Waals surface area contributed by atoms with E-state index >= 15 is 0 Å². The predicted octanol–water partition coefficient (Wildman–Crippen LogP) is 3.19. The van der Waals surface area contributed by atoms with E-state index in [1.165, 1.54) is 0 Å². The molecule has 2 aromatic carbocycles. The van der Waals surface area contributed by atoms with Crippen molar-refractivity contribution in [1.29, 1.82) is 0 Å². The number of carbonyl (C=O) groups excluding carboxylic acids is 1. The molecule has 0 radical (unpaired) electrons. The molecule has 0 bridgehead atoms. The summed E-state index contributed by atoms with van der Waals surface area (Å²) in [5.41, 5.74) is 2.90. The van der Waals surface area contributed by atoms with Gasteiger partial charge in [0.1, 0.15) is 6.54 Å². The van der Waals surface area contributed by atoms with Crippen LogP contribution in [0.1, 0.15) is 0 Å². The van der Waals surface area contributed by atoms with E-state index in [0.717, 1.165) is 16.8 Å². The first-order valence-electron chi connectivity index (χ1n) is 6.73. The van der Waals surface area contributed by atoms with Crippen molar-refractivity contribution in [3.63, 3.8) is 0 Å². The van der Waals surface area contributed by atoms with Crippen LogP contribution in [-0.2, 0) is 11.3 Å². The second-order valence-electron chi connectivity index (χ2n) is 4.69. The molecule has 1 N–H and O–H groups in total. The minimum Gasteiger partial charge on any atom is -0.328 e. The zero-order valence-electron chi connectivity index (χ0n) is 11.4. The molecule has 4 heteroatoms. The quantitative estimate of drug-likeness (QED) is 0.796. The summed E-state index contributed by atoms with van der Waals surface area (Å²) in [6.07, 6.45) is 5.05. The Labute approximate surface area is 123 Å². The fourth-order valence-corrected chi connectivity index (χ4v) is 2.20. The monoisotopic (exact) mass is 277 g/mol. The molecule has 0 saturated heterocycles. The van der Waals surface area contributed by atoms with Gasteiger partial charge in [0.2, 0.25) is 5.91 Å². The van der Waals surface area contributed by atoms with Crippen LogP contribution in [0.25, 0.3) is 11.1 Å². The highest BCUT2D eigenvalue weighted by Crippen LogP contribution is 2.27. The molecule has 1 heterocycles. The van der Waals surface area contributed by atoms with E-state index in [-0.39, 0.29) is 12.5 Å². The van der Waals surface area contributed by atoms with Gasteiger partial charge < -0.3 is 9.88 Å². The van der Waals surface area contributed by atoms with Gasteiger partial charge in [0.05, 0.1) is 6.33 Å². The number of para-hydroxylation sites is 1. The molecular weight excluding hydrogens is 262 g/mol. The number of aromatic nitrogens is 2. The van der Waals surface area contributed by atoms with Crippen LogP contribution >= 0.6 is 0 Å². The Morgan fingerprint density at radius 3 is 2.57 bits per heavy atom. The summed E-state index contributed by atoms with van der Waals surface area (Å²) in [5.74, 6) is -0.0728. The summed E-state index contributed by atoms with van der Waals surface area (Å²) in [4.78, 5) is 16.0. The Bertz CT molecular complexity index is 721. The molecule has 1 aromatic heterocycles. The van der Waals surface area contributed by atoms with Gasteiger partial charge in [-0.2, -0.15) is 0 Å². The van der Waals surface area contributed by atoms with Crippen molar-refractivity contribution in [2.45, 2.75) is 6.54 Å². The fourth-order valence-electron chi connectivity index (χ4n) is 2.20. The highest BCUT2D eigenvalue weighted by atomic mass is 16.1. The molecule has 3 rings (SSSR count). The van der Waals surface area contributed by atoms with Crippen LogP contribution in [-0.4, -0.2) is 15.5 Å². The average molecular weight is 277 g/mol. The number of benzene rings is 2. The van der Waals surface area contributed by atoms with Crippen molar-refractivity contribution >= 4 is 11.6 Å². The van der Waals surface area contributed by atoms with Crippen LogP contribution in [0, 0.1) is 0 Å². The van der Waals surface area contributed by atoms with Gasteiger partial charge in [0.15, 0.2) is 0 Å². The molecular formula is C17H15N3O. The molecule has 1 amide bonds. The van der Waals surface area contributed by atoms with Gasteiger partial charge in [-0.3, -0.25) is 4.79 Å². The average Bonchev–Trinajstić information content (AvgIpc) is 3.01. The van der Waals surface area contributed by atoms with E-state index in [2.05, 4.69) is 10.3 Å². The Morgan fingerprint density at radius 2 is 1.81 bits per heavy atom. The van der Waals surface area contributed by atoms with Crippen molar-refractivity contribution in [3.8, 4) is 11.1 Å². The van der Waals surface area contributed by atoms with Crippen LogP contribution in [0.15, 0.2) is 73.3 Å². The Hall–Kier alpha value is -2.88. The zero-order chi connectivity index (χ0) is 14.5. The van der Waals surface area contributed by atoms with Crippen molar-refractivity contribution in [1.82, 2.24) is 9.55 Å². The number of hydrogen-bond acceptors (Lipinski definition) is 2. The largest absolute Gasteiger partial charge is 0.328 e. The molecule has 21 heavy (non-hydrogen) atoms. The molecule has 4 nitrogen and oxygen atoms in total. The summed E-state index contributed by atoms with van der Waals surface area (Å²) in [6, 6.07) is 17.8. The van der Waals surface area contributed by atoms with Crippen molar-refractivity contribution in [3.05, 3.63) is 73.3 Å². The molecule has 0 fully saturated rings. The second kappa shape index (κ2) is 6.05. The summed E-state index contributed by atoms with van der Waals surface area (Å²) < 4.78 is 1.74. The summed E-state index contributed by atoms with van der Waals surface area (Å²) in [6.45, 7) is 0.253.